The number of rotatable bonds is 3. The summed E-state index contributed by atoms with van der Waals surface area (Å²) in [4.78, 5) is 18.9. The molecule has 0 amide bonds. The lowest BCUT2D eigenvalue weighted by Gasteiger charge is -2.12. The van der Waals surface area contributed by atoms with Gasteiger partial charge in [-0.05, 0) is 13.8 Å². The Morgan fingerprint density at radius 1 is 1.06 bits per heavy atom. The molecule has 8 nitrogen and oxygen atoms in total. The Labute approximate surface area is 105 Å². The number of anilines is 2. The molecular formula is C10H16N8. The van der Waals surface area contributed by atoms with Gasteiger partial charge in [0.15, 0.2) is 0 Å². The molecule has 1 N–H and O–H groups in total. The Morgan fingerprint density at radius 2 is 1.78 bits per heavy atom. The van der Waals surface area contributed by atoms with Crippen molar-refractivity contribution in [3.05, 3.63) is 11.6 Å². The van der Waals surface area contributed by atoms with Crippen molar-refractivity contribution in [2.75, 3.05) is 31.4 Å². The first-order valence-electron chi connectivity index (χ1n) is 5.53. The van der Waals surface area contributed by atoms with Crippen LogP contribution in [0.25, 0.3) is 5.95 Å². The zero-order valence-corrected chi connectivity index (χ0v) is 11.1. The second-order valence-corrected chi connectivity index (χ2v) is 4.02. The van der Waals surface area contributed by atoms with Crippen molar-refractivity contribution < 1.29 is 0 Å². The van der Waals surface area contributed by atoms with Gasteiger partial charge in [-0.2, -0.15) is 19.6 Å². The topological polar surface area (TPSA) is 84.7 Å². The van der Waals surface area contributed by atoms with E-state index >= 15 is 0 Å². The second-order valence-electron chi connectivity index (χ2n) is 4.02. The van der Waals surface area contributed by atoms with Gasteiger partial charge in [-0.15, -0.1) is 5.10 Å². The van der Waals surface area contributed by atoms with Crippen LogP contribution < -0.4 is 10.2 Å². The predicted octanol–water partition coefficient (Wildman–Crippen LogP) is 0.177. The van der Waals surface area contributed by atoms with Crippen molar-refractivity contribution in [2.24, 2.45) is 0 Å². The smallest absolute Gasteiger partial charge is 0.258 e. The van der Waals surface area contributed by atoms with E-state index in [4.69, 9.17) is 0 Å². The summed E-state index contributed by atoms with van der Waals surface area (Å²) in [7, 11) is 5.51. The van der Waals surface area contributed by atoms with Gasteiger partial charge in [0.1, 0.15) is 11.6 Å². The van der Waals surface area contributed by atoms with E-state index in [9.17, 15) is 0 Å². The Kier molecular flexibility index (Phi) is 3.09. The van der Waals surface area contributed by atoms with Gasteiger partial charge in [-0.3, -0.25) is 0 Å². The first-order chi connectivity index (χ1) is 8.51. The fourth-order valence-corrected chi connectivity index (χ4v) is 1.47. The summed E-state index contributed by atoms with van der Waals surface area (Å²) in [6.07, 6.45) is 0. The molecule has 2 rings (SSSR count). The van der Waals surface area contributed by atoms with Gasteiger partial charge < -0.3 is 10.2 Å². The third-order valence-electron chi connectivity index (χ3n) is 2.30. The number of aromatic nitrogens is 6. The highest BCUT2D eigenvalue weighted by Gasteiger charge is 2.12. The van der Waals surface area contributed by atoms with Crippen LogP contribution in [0.15, 0.2) is 0 Å². The Bertz CT molecular complexity index is 559. The SMILES string of the molecule is CNc1nc(N(C)C)nc(-n2nc(C)nc2C)n1. The minimum absolute atomic E-state index is 0.455. The van der Waals surface area contributed by atoms with Crippen molar-refractivity contribution in [1.29, 1.82) is 0 Å². The minimum Gasteiger partial charge on any atom is -0.357 e. The monoisotopic (exact) mass is 248 g/mol. The van der Waals surface area contributed by atoms with Crippen LogP contribution in [0, 0.1) is 13.8 Å². The molecule has 2 heterocycles. The summed E-state index contributed by atoms with van der Waals surface area (Å²) >= 11 is 0. The molecule has 2 aromatic rings. The van der Waals surface area contributed by atoms with Crippen molar-refractivity contribution in [3.63, 3.8) is 0 Å². The first-order valence-corrected chi connectivity index (χ1v) is 5.53. The minimum atomic E-state index is 0.455. The molecule has 0 radical (unpaired) electrons. The first kappa shape index (κ1) is 12.2. The molecule has 0 atom stereocenters. The van der Waals surface area contributed by atoms with Crippen molar-refractivity contribution in [1.82, 2.24) is 29.7 Å². The van der Waals surface area contributed by atoms with Crippen molar-refractivity contribution in [3.8, 4) is 5.95 Å². The molecule has 18 heavy (non-hydrogen) atoms. The van der Waals surface area contributed by atoms with Crippen LogP contribution >= 0.6 is 0 Å². The summed E-state index contributed by atoms with van der Waals surface area (Å²) in [5, 5.41) is 7.17. The third-order valence-corrected chi connectivity index (χ3v) is 2.30. The summed E-state index contributed by atoms with van der Waals surface area (Å²) in [5.74, 6) is 2.94. The van der Waals surface area contributed by atoms with E-state index in [2.05, 4.69) is 30.4 Å². The average Bonchev–Trinajstić information content (AvgIpc) is 2.67. The quantitative estimate of drug-likeness (QED) is 0.829. The Morgan fingerprint density at radius 3 is 2.28 bits per heavy atom. The average molecular weight is 248 g/mol. The van der Waals surface area contributed by atoms with Crippen LogP contribution in [-0.2, 0) is 0 Å². The maximum absolute atomic E-state index is 4.35. The van der Waals surface area contributed by atoms with Gasteiger partial charge in [0.05, 0.1) is 0 Å². The molecule has 0 unspecified atom stereocenters. The molecule has 0 saturated carbocycles. The summed E-state index contributed by atoms with van der Waals surface area (Å²) in [6, 6.07) is 0. The number of nitrogens with zero attached hydrogens (tertiary/aromatic N) is 7. The molecular weight excluding hydrogens is 232 g/mol. The molecule has 96 valence electrons. The molecule has 0 saturated heterocycles. The highest BCUT2D eigenvalue weighted by Crippen LogP contribution is 2.11. The highest BCUT2D eigenvalue weighted by atomic mass is 15.4. The number of hydrogen-bond donors (Lipinski definition) is 1. The summed E-state index contributed by atoms with van der Waals surface area (Å²) < 4.78 is 1.60. The fourth-order valence-electron chi connectivity index (χ4n) is 1.47. The van der Waals surface area contributed by atoms with E-state index < -0.39 is 0 Å². The molecule has 0 aromatic carbocycles. The van der Waals surface area contributed by atoms with Crippen LogP contribution in [0.3, 0.4) is 0 Å². The number of nitrogens with one attached hydrogen (secondary N) is 1. The fraction of sp³-hybridized carbons (Fsp3) is 0.500. The van der Waals surface area contributed by atoms with E-state index in [1.165, 1.54) is 0 Å². The second kappa shape index (κ2) is 4.55. The molecule has 8 heteroatoms. The van der Waals surface area contributed by atoms with Crippen molar-refractivity contribution in [2.45, 2.75) is 13.8 Å². The molecule has 0 fully saturated rings. The lowest BCUT2D eigenvalue weighted by atomic mass is 10.6. The van der Waals surface area contributed by atoms with Gasteiger partial charge in [0.2, 0.25) is 11.9 Å². The lowest BCUT2D eigenvalue weighted by Crippen LogP contribution is -2.17. The normalized spacial score (nSPS) is 10.5. The van der Waals surface area contributed by atoms with E-state index in [-0.39, 0.29) is 0 Å². The predicted molar refractivity (Wildman–Crippen MR) is 68.1 cm³/mol. The lowest BCUT2D eigenvalue weighted by molar-refractivity contribution is 0.759. The van der Waals surface area contributed by atoms with Crippen LogP contribution in [0.4, 0.5) is 11.9 Å². The van der Waals surface area contributed by atoms with Gasteiger partial charge in [0.25, 0.3) is 5.95 Å². The molecule has 0 aliphatic rings. The van der Waals surface area contributed by atoms with Crippen LogP contribution in [0.5, 0.6) is 0 Å². The van der Waals surface area contributed by atoms with Crippen LogP contribution in [-0.4, -0.2) is 50.9 Å². The van der Waals surface area contributed by atoms with E-state index in [1.807, 2.05) is 32.8 Å². The number of hydrogen-bond acceptors (Lipinski definition) is 7. The van der Waals surface area contributed by atoms with Gasteiger partial charge in [-0.1, -0.05) is 0 Å². The summed E-state index contributed by atoms with van der Waals surface area (Å²) in [5.41, 5.74) is 0. The van der Waals surface area contributed by atoms with Gasteiger partial charge >= 0.3 is 0 Å². The third kappa shape index (κ3) is 2.22. The van der Waals surface area contributed by atoms with Crippen LogP contribution in [0.2, 0.25) is 0 Å². The summed E-state index contributed by atoms with van der Waals surface area (Å²) in [6.45, 7) is 3.69. The zero-order chi connectivity index (χ0) is 13.3. The van der Waals surface area contributed by atoms with E-state index in [0.29, 0.717) is 23.7 Å². The Hall–Kier alpha value is -2.25. The van der Waals surface area contributed by atoms with E-state index in [0.717, 1.165) is 5.82 Å². The number of aryl methyl sites for hydroxylation is 2. The van der Waals surface area contributed by atoms with Gasteiger partial charge in [-0.25, -0.2) is 4.98 Å². The standard InChI is InChI=1S/C10H16N8/c1-6-12-7(2)18(16-6)10-14-8(11-3)13-9(15-10)17(4)5/h1-5H3,(H,11,13,14,15). The van der Waals surface area contributed by atoms with Crippen LogP contribution in [0.1, 0.15) is 11.6 Å². The molecule has 0 aliphatic carbocycles. The largest absolute Gasteiger partial charge is 0.357 e. The van der Waals surface area contributed by atoms with E-state index in [1.54, 1.807) is 11.7 Å². The molecule has 0 aliphatic heterocycles. The highest BCUT2D eigenvalue weighted by molar-refractivity contribution is 5.38. The van der Waals surface area contributed by atoms with Gasteiger partial charge in [0, 0.05) is 21.1 Å². The maximum Gasteiger partial charge on any atom is 0.258 e. The van der Waals surface area contributed by atoms with Crippen molar-refractivity contribution >= 4 is 11.9 Å². The molecule has 0 spiro atoms. The Balaban J connectivity index is 2.56. The zero-order valence-electron chi connectivity index (χ0n) is 11.1. The maximum atomic E-state index is 4.35. The molecule has 2 aromatic heterocycles. The molecule has 0 bridgehead atoms.